The summed E-state index contributed by atoms with van der Waals surface area (Å²) in [5, 5.41) is 15.1. The minimum atomic E-state index is -1.33. The molecule has 0 saturated carbocycles. The molecule has 4 nitrogen and oxygen atoms in total. The van der Waals surface area contributed by atoms with Crippen LogP contribution in [0.5, 0.6) is 0 Å². The van der Waals surface area contributed by atoms with Gasteiger partial charge in [-0.1, -0.05) is 28.4 Å². The van der Waals surface area contributed by atoms with E-state index in [9.17, 15) is 9.50 Å². The summed E-state index contributed by atoms with van der Waals surface area (Å²) in [4.78, 5) is 5.16. The second-order valence-electron chi connectivity index (χ2n) is 5.57. The lowest BCUT2D eigenvalue weighted by Crippen LogP contribution is -2.24. The average Bonchev–Trinajstić information content (AvgIpc) is 3.08. The molecular weight excluding hydrogens is 386 g/mol. The number of hydrogen-bond acceptors (Lipinski definition) is 5. The van der Waals surface area contributed by atoms with Gasteiger partial charge in [-0.05, 0) is 49.4 Å². The van der Waals surface area contributed by atoms with E-state index in [-0.39, 0.29) is 16.7 Å². The van der Waals surface area contributed by atoms with Gasteiger partial charge in [-0.25, -0.2) is 4.39 Å². The van der Waals surface area contributed by atoms with Crippen molar-refractivity contribution in [2.24, 2.45) is 0 Å². The molecule has 1 N–H and O–H groups in total. The van der Waals surface area contributed by atoms with E-state index >= 15 is 0 Å². The smallest absolute Gasteiger partial charge is 0.259 e. The Labute approximate surface area is 158 Å². The molecule has 25 heavy (non-hydrogen) atoms. The van der Waals surface area contributed by atoms with Crippen molar-refractivity contribution < 1.29 is 14.0 Å². The van der Waals surface area contributed by atoms with Crippen molar-refractivity contribution in [2.45, 2.75) is 17.4 Å². The van der Waals surface area contributed by atoms with Crippen molar-refractivity contribution in [3.8, 4) is 11.4 Å². The summed E-state index contributed by atoms with van der Waals surface area (Å²) in [6.45, 7) is 1.59. The van der Waals surface area contributed by atoms with Crippen LogP contribution < -0.4 is 0 Å². The molecule has 0 aliphatic carbocycles. The molecule has 8 heteroatoms. The molecule has 1 aromatic heterocycles. The molecule has 3 aromatic rings. The fourth-order valence-corrected chi connectivity index (χ4v) is 3.22. The third-order valence-corrected chi connectivity index (χ3v) is 5.25. The highest BCUT2D eigenvalue weighted by Gasteiger charge is 2.30. The van der Waals surface area contributed by atoms with Crippen LogP contribution in [0.4, 0.5) is 4.39 Å². The normalized spacial score (nSPS) is 13.6. The molecular formula is C17H13Cl2FN2O2S. The predicted octanol–water partition coefficient (Wildman–Crippen LogP) is 5.18. The van der Waals surface area contributed by atoms with Crippen LogP contribution in [-0.4, -0.2) is 21.0 Å². The van der Waals surface area contributed by atoms with Crippen molar-refractivity contribution >= 4 is 35.0 Å². The van der Waals surface area contributed by atoms with Crippen molar-refractivity contribution in [3.05, 3.63) is 64.2 Å². The molecule has 0 spiro atoms. The first-order valence-electron chi connectivity index (χ1n) is 7.25. The van der Waals surface area contributed by atoms with Crippen LogP contribution in [0.3, 0.4) is 0 Å². The molecule has 130 valence electrons. The van der Waals surface area contributed by atoms with Crippen molar-refractivity contribution in [3.63, 3.8) is 0 Å². The highest BCUT2D eigenvalue weighted by atomic mass is 35.5. The number of thioether (sulfide) groups is 1. The molecule has 0 bridgehead atoms. The second-order valence-corrected chi connectivity index (χ2v) is 7.46. The number of aromatic nitrogens is 2. The molecule has 0 aliphatic heterocycles. The van der Waals surface area contributed by atoms with E-state index in [1.165, 1.54) is 30.0 Å². The Bertz CT molecular complexity index is 885. The Morgan fingerprint density at radius 1 is 1.20 bits per heavy atom. The minimum Gasteiger partial charge on any atom is -0.379 e. The fourth-order valence-electron chi connectivity index (χ4n) is 2.01. The first-order chi connectivity index (χ1) is 11.8. The topological polar surface area (TPSA) is 59.2 Å². The Morgan fingerprint density at radius 2 is 1.92 bits per heavy atom. The zero-order valence-corrected chi connectivity index (χ0v) is 15.4. The highest BCUT2D eigenvalue weighted by Crippen LogP contribution is 2.31. The molecule has 3 rings (SSSR count). The number of rotatable bonds is 5. The van der Waals surface area contributed by atoms with Crippen molar-refractivity contribution in [1.82, 2.24) is 10.1 Å². The van der Waals surface area contributed by atoms with E-state index in [0.717, 1.165) is 4.90 Å². The summed E-state index contributed by atoms with van der Waals surface area (Å²) >= 11 is 13.1. The molecule has 0 saturated heterocycles. The summed E-state index contributed by atoms with van der Waals surface area (Å²) in [6, 6.07) is 11.4. The number of hydrogen-bond donors (Lipinski definition) is 1. The first-order valence-corrected chi connectivity index (χ1v) is 9.00. The Balaban J connectivity index is 1.75. The summed E-state index contributed by atoms with van der Waals surface area (Å²) < 4.78 is 18.4. The van der Waals surface area contributed by atoms with Crippen LogP contribution in [-0.2, 0) is 5.60 Å². The van der Waals surface area contributed by atoms with Crippen LogP contribution in [0.25, 0.3) is 11.4 Å². The lowest BCUT2D eigenvalue weighted by molar-refractivity contribution is 0.0469. The second kappa shape index (κ2) is 7.33. The lowest BCUT2D eigenvalue weighted by atomic mass is 10.1. The van der Waals surface area contributed by atoms with Gasteiger partial charge >= 0.3 is 0 Å². The van der Waals surface area contributed by atoms with Gasteiger partial charge in [0, 0.05) is 21.2 Å². The molecule has 0 aliphatic rings. The highest BCUT2D eigenvalue weighted by molar-refractivity contribution is 7.99. The van der Waals surface area contributed by atoms with Crippen LogP contribution in [0.15, 0.2) is 51.9 Å². The zero-order valence-electron chi connectivity index (χ0n) is 13.0. The first kappa shape index (κ1) is 18.2. The summed E-state index contributed by atoms with van der Waals surface area (Å²) in [5.41, 5.74) is -0.832. The Hall–Kier alpha value is -1.60. The van der Waals surface area contributed by atoms with E-state index in [1.54, 1.807) is 19.1 Å². The third kappa shape index (κ3) is 4.33. The average molecular weight is 399 g/mol. The summed E-state index contributed by atoms with van der Waals surface area (Å²) in [7, 11) is 0. The van der Waals surface area contributed by atoms with Crippen molar-refractivity contribution in [2.75, 3.05) is 5.75 Å². The molecule has 1 atom stereocenters. The van der Waals surface area contributed by atoms with Gasteiger partial charge in [-0.15, -0.1) is 11.8 Å². The predicted molar refractivity (Wildman–Crippen MR) is 96.4 cm³/mol. The van der Waals surface area contributed by atoms with Crippen LogP contribution >= 0.6 is 35.0 Å². The van der Waals surface area contributed by atoms with E-state index in [4.69, 9.17) is 27.7 Å². The molecule has 1 heterocycles. The van der Waals surface area contributed by atoms with E-state index < -0.39 is 11.4 Å². The molecule has 0 fully saturated rings. The van der Waals surface area contributed by atoms with Crippen LogP contribution in [0.1, 0.15) is 12.8 Å². The maximum Gasteiger partial charge on any atom is 0.259 e. The molecule has 0 amide bonds. The summed E-state index contributed by atoms with van der Waals surface area (Å²) in [6.07, 6.45) is 0. The Morgan fingerprint density at radius 3 is 2.60 bits per heavy atom. The third-order valence-electron chi connectivity index (χ3n) is 3.40. The van der Waals surface area contributed by atoms with Gasteiger partial charge in [0.15, 0.2) is 0 Å². The number of nitrogens with zero attached hydrogens (tertiary/aromatic N) is 2. The maximum atomic E-state index is 13.2. The van der Waals surface area contributed by atoms with E-state index in [0.29, 0.717) is 16.3 Å². The van der Waals surface area contributed by atoms with Gasteiger partial charge in [0.2, 0.25) is 5.82 Å². The zero-order chi connectivity index (χ0) is 18.0. The number of benzene rings is 2. The minimum absolute atomic E-state index is 0.0334. The van der Waals surface area contributed by atoms with Gasteiger partial charge < -0.3 is 9.63 Å². The molecule has 1 unspecified atom stereocenters. The van der Waals surface area contributed by atoms with E-state index in [1.807, 2.05) is 12.1 Å². The standard InChI is InChI=1S/C17H13Cl2FN2O2S/c1-17(23,9-25-12-5-3-11(18)4-6-12)16-21-15(22-24-16)10-2-7-14(20)13(19)8-10/h2-8,23H,9H2,1H3. The SMILES string of the molecule is CC(O)(CSc1ccc(Cl)cc1)c1nc(-c2ccc(F)c(Cl)c2)no1. The number of halogens is 3. The summed E-state index contributed by atoms with van der Waals surface area (Å²) in [5.74, 6) is 0.0825. The van der Waals surface area contributed by atoms with Crippen LogP contribution in [0, 0.1) is 5.82 Å². The van der Waals surface area contributed by atoms with Crippen molar-refractivity contribution in [1.29, 1.82) is 0 Å². The molecule has 2 aromatic carbocycles. The van der Waals surface area contributed by atoms with E-state index in [2.05, 4.69) is 10.1 Å². The largest absolute Gasteiger partial charge is 0.379 e. The molecule has 0 radical (unpaired) electrons. The maximum absolute atomic E-state index is 13.2. The van der Waals surface area contributed by atoms with Gasteiger partial charge in [0.1, 0.15) is 11.4 Å². The van der Waals surface area contributed by atoms with Gasteiger partial charge in [-0.3, -0.25) is 0 Å². The Kier molecular flexibility index (Phi) is 5.34. The number of aliphatic hydroxyl groups is 1. The quantitative estimate of drug-likeness (QED) is 0.599. The van der Waals surface area contributed by atoms with Gasteiger partial charge in [-0.2, -0.15) is 4.98 Å². The van der Waals surface area contributed by atoms with Gasteiger partial charge in [0.05, 0.1) is 5.02 Å². The fraction of sp³-hybridized carbons (Fsp3) is 0.176. The van der Waals surface area contributed by atoms with Crippen LogP contribution in [0.2, 0.25) is 10.0 Å². The van der Waals surface area contributed by atoms with Gasteiger partial charge in [0.25, 0.3) is 5.89 Å². The lowest BCUT2D eigenvalue weighted by Gasteiger charge is -2.17. The monoisotopic (exact) mass is 398 g/mol.